The molecule has 0 fully saturated rings. The molecule has 0 saturated carbocycles. The molecule has 0 radical (unpaired) electrons. The minimum atomic E-state index is 0. The summed E-state index contributed by atoms with van der Waals surface area (Å²) in [5, 5.41) is 13.0. The highest BCUT2D eigenvalue weighted by Gasteiger charge is 2.22. The molecule has 1 aliphatic rings. The Labute approximate surface area is 187 Å². The number of aryl methyl sites for hydroxylation is 2. The lowest BCUT2D eigenvalue weighted by atomic mass is 9.99. The highest BCUT2D eigenvalue weighted by molar-refractivity contribution is 14.0. The first kappa shape index (κ1) is 22.2. The lowest BCUT2D eigenvalue weighted by Crippen LogP contribution is -2.42. The number of aliphatic imine (C=N–C) groups is 1. The summed E-state index contributed by atoms with van der Waals surface area (Å²) in [4.78, 5) is 6.48. The van der Waals surface area contributed by atoms with Gasteiger partial charge in [-0.1, -0.05) is 29.3 Å². The Hall–Kier alpha value is -1.06. The largest absolute Gasteiger partial charge is 0.356 e. The SMILES string of the molecule is CN=C(NCC1CCc2nnc(C)n2C1)N(C)Cc1ccc(Cl)c(Cl)c1.I. The first-order valence-electron chi connectivity index (χ1n) is 8.72. The normalized spacial score (nSPS) is 16.5. The van der Waals surface area contributed by atoms with Crippen LogP contribution in [-0.4, -0.2) is 46.3 Å². The molecule has 2 heterocycles. The van der Waals surface area contributed by atoms with Crippen LogP contribution in [0.5, 0.6) is 0 Å². The Balaban J connectivity index is 0.00000261. The van der Waals surface area contributed by atoms with Gasteiger partial charge in [0.25, 0.3) is 0 Å². The van der Waals surface area contributed by atoms with Gasteiger partial charge in [0.2, 0.25) is 0 Å². The Bertz CT molecular complexity index is 807. The third-order valence-corrected chi connectivity index (χ3v) is 5.49. The van der Waals surface area contributed by atoms with Gasteiger partial charge in [-0.25, -0.2) is 0 Å². The van der Waals surface area contributed by atoms with Gasteiger partial charge >= 0.3 is 0 Å². The summed E-state index contributed by atoms with van der Waals surface area (Å²) < 4.78 is 2.22. The summed E-state index contributed by atoms with van der Waals surface area (Å²) in [6.07, 6.45) is 2.09. The molecule has 9 heteroatoms. The van der Waals surface area contributed by atoms with Crippen LogP contribution in [0.2, 0.25) is 10.0 Å². The van der Waals surface area contributed by atoms with E-state index in [0.717, 1.165) is 49.1 Å². The van der Waals surface area contributed by atoms with E-state index in [2.05, 4.69) is 30.0 Å². The summed E-state index contributed by atoms with van der Waals surface area (Å²) in [7, 11) is 3.82. The van der Waals surface area contributed by atoms with Crippen LogP contribution in [0.1, 0.15) is 23.6 Å². The first-order chi connectivity index (χ1) is 12.5. The van der Waals surface area contributed by atoms with E-state index in [1.165, 1.54) is 0 Å². The Morgan fingerprint density at radius 1 is 1.33 bits per heavy atom. The van der Waals surface area contributed by atoms with Crippen molar-refractivity contribution in [2.45, 2.75) is 32.9 Å². The number of halogens is 3. The Kier molecular flexibility index (Phi) is 8.18. The highest BCUT2D eigenvalue weighted by atomic mass is 127. The van der Waals surface area contributed by atoms with Crippen LogP contribution in [-0.2, 0) is 19.5 Å². The van der Waals surface area contributed by atoms with Crippen molar-refractivity contribution in [2.75, 3.05) is 20.6 Å². The highest BCUT2D eigenvalue weighted by Crippen LogP contribution is 2.23. The van der Waals surface area contributed by atoms with Crippen LogP contribution in [0, 0.1) is 12.8 Å². The molecule has 6 nitrogen and oxygen atoms in total. The number of rotatable bonds is 4. The summed E-state index contributed by atoms with van der Waals surface area (Å²) in [6.45, 7) is 4.54. The second kappa shape index (κ2) is 9.93. The van der Waals surface area contributed by atoms with Crippen LogP contribution in [0.4, 0.5) is 0 Å². The zero-order valence-electron chi connectivity index (χ0n) is 15.7. The maximum Gasteiger partial charge on any atom is 0.193 e. The van der Waals surface area contributed by atoms with Crippen molar-refractivity contribution < 1.29 is 0 Å². The third kappa shape index (κ3) is 5.48. The van der Waals surface area contributed by atoms with Gasteiger partial charge in [-0.15, -0.1) is 34.2 Å². The summed E-state index contributed by atoms with van der Waals surface area (Å²) in [5.41, 5.74) is 1.09. The number of benzene rings is 1. The van der Waals surface area contributed by atoms with E-state index in [1.807, 2.05) is 32.2 Å². The number of hydrogen-bond acceptors (Lipinski definition) is 3. The number of hydrogen-bond donors (Lipinski definition) is 1. The zero-order valence-corrected chi connectivity index (χ0v) is 19.6. The van der Waals surface area contributed by atoms with Gasteiger partial charge in [0, 0.05) is 40.2 Å². The average Bonchev–Trinajstić information content (AvgIpc) is 2.99. The van der Waals surface area contributed by atoms with Crippen molar-refractivity contribution in [1.29, 1.82) is 0 Å². The summed E-state index contributed by atoms with van der Waals surface area (Å²) in [5.74, 6) is 3.49. The molecule has 27 heavy (non-hydrogen) atoms. The number of guanidine groups is 1. The number of fused-ring (bicyclic) bond motifs is 1. The third-order valence-electron chi connectivity index (χ3n) is 4.76. The fourth-order valence-electron chi connectivity index (χ4n) is 3.30. The van der Waals surface area contributed by atoms with Crippen molar-refractivity contribution in [3.63, 3.8) is 0 Å². The van der Waals surface area contributed by atoms with E-state index in [-0.39, 0.29) is 24.0 Å². The van der Waals surface area contributed by atoms with Crippen molar-refractivity contribution >= 4 is 53.1 Å². The fraction of sp³-hybridized carbons (Fsp3) is 0.500. The van der Waals surface area contributed by atoms with Gasteiger partial charge in [0.15, 0.2) is 5.96 Å². The van der Waals surface area contributed by atoms with Crippen molar-refractivity contribution in [1.82, 2.24) is 25.0 Å². The molecule has 2 aromatic rings. The molecule has 1 aromatic carbocycles. The van der Waals surface area contributed by atoms with E-state index < -0.39 is 0 Å². The molecular weight excluding hydrogens is 498 g/mol. The molecule has 1 aromatic heterocycles. The molecule has 0 saturated heterocycles. The second-order valence-electron chi connectivity index (χ2n) is 6.71. The number of aromatic nitrogens is 3. The maximum absolute atomic E-state index is 6.11. The quantitative estimate of drug-likeness (QED) is 0.377. The molecule has 0 bridgehead atoms. The zero-order chi connectivity index (χ0) is 18.7. The maximum atomic E-state index is 6.11. The minimum absolute atomic E-state index is 0. The standard InChI is InChI=1S/C18H24Cl2N6.HI/c1-12-23-24-17-7-5-14(11-26(12)17)9-22-18(21-2)25(3)10-13-4-6-15(19)16(20)8-13;/h4,6,8,14H,5,7,9-11H2,1-3H3,(H,21,22);1H. The van der Waals surface area contributed by atoms with E-state index in [0.29, 0.717) is 22.5 Å². The molecule has 0 aliphatic carbocycles. The Morgan fingerprint density at radius 2 is 2.11 bits per heavy atom. The summed E-state index contributed by atoms with van der Waals surface area (Å²) >= 11 is 12.1. The lowest BCUT2D eigenvalue weighted by molar-refractivity contribution is 0.352. The van der Waals surface area contributed by atoms with Crippen LogP contribution >= 0.6 is 47.2 Å². The van der Waals surface area contributed by atoms with Crippen LogP contribution in [0.25, 0.3) is 0 Å². The molecule has 1 N–H and O–H groups in total. The van der Waals surface area contributed by atoms with E-state index in [1.54, 1.807) is 7.05 Å². The van der Waals surface area contributed by atoms with E-state index in [9.17, 15) is 0 Å². The van der Waals surface area contributed by atoms with Crippen LogP contribution < -0.4 is 5.32 Å². The van der Waals surface area contributed by atoms with Crippen LogP contribution in [0.3, 0.4) is 0 Å². The van der Waals surface area contributed by atoms with Crippen LogP contribution in [0.15, 0.2) is 23.2 Å². The van der Waals surface area contributed by atoms with E-state index in [4.69, 9.17) is 23.2 Å². The van der Waals surface area contributed by atoms with Gasteiger partial charge < -0.3 is 14.8 Å². The molecule has 0 spiro atoms. The molecule has 1 atom stereocenters. The van der Waals surface area contributed by atoms with Crippen molar-refractivity contribution in [3.05, 3.63) is 45.5 Å². The lowest BCUT2D eigenvalue weighted by Gasteiger charge is -2.27. The fourth-order valence-corrected chi connectivity index (χ4v) is 3.62. The first-order valence-corrected chi connectivity index (χ1v) is 9.48. The topological polar surface area (TPSA) is 58.3 Å². The minimum Gasteiger partial charge on any atom is -0.356 e. The Morgan fingerprint density at radius 3 is 2.81 bits per heavy atom. The predicted molar refractivity (Wildman–Crippen MR) is 121 cm³/mol. The summed E-state index contributed by atoms with van der Waals surface area (Å²) in [6, 6.07) is 5.70. The molecule has 1 aliphatic heterocycles. The molecule has 0 amide bonds. The van der Waals surface area contributed by atoms with Gasteiger partial charge in [-0.05, 0) is 37.0 Å². The second-order valence-corrected chi connectivity index (χ2v) is 7.53. The molecule has 1 unspecified atom stereocenters. The molecular formula is C18H25Cl2IN6. The average molecular weight is 523 g/mol. The monoisotopic (exact) mass is 522 g/mol. The van der Waals surface area contributed by atoms with Gasteiger partial charge in [-0.3, -0.25) is 4.99 Å². The van der Waals surface area contributed by atoms with Gasteiger partial charge in [0.05, 0.1) is 10.0 Å². The molecule has 3 rings (SSSR count). The number of nitrogens with one attached hydrogen (secondary N) is 1. The van der Waals surface area contributed by atoms with Gasteiger partial charge in [0.1, 0.15) is 11.6 Å². The molecule has 148 valence electrons. The number of nitrogens with zero attached hydrogens (tertiary/aromatic N) is 5. The van der Waals surface area contributed by atoms with Crippen molar-refractivity contribution in [3.8, 4) is 0 Å². The predicted octanol–water partition coefficient (Wildman–Crippen LogP) is 3.78. The van der Waals surface area contributed by atoms with Crippen molar-refractivity contribution in [2.24, 2.45) is 10.9 Å². The van der Waals surface area contributed by atoms with E-state index >= 15 is 0 Å². The van der Waals surface area contributed by atoms with Gasteiger partial charge in [-0.2, -0.15) is 0 Å². The smallest absolute Gasteiger partial charge is 0.193 e.